The highest BCUT2D eigenvalue weighted by molar-refractivity contribution is 5.97. The Morgan fingerprint density at radius 3 is 2.91 bits per heavy atom. The molecule has 22 heavy (non-hydrogen) atoms. The van der Waals surface area contributed by atoms with Crippen LogP contribution < -0.4 is 10.7 Å². The zero-order valence-electron chi connectivity index (χ0n) is 12.1. The van der Waals surface area contributed by atoms with Gasteiger partial charge in [0.05, 0.1) is 17.9 Å². The van der Waals surface area contributed by atoms with Crippen LogP contribution >= 0.6 is 0 Å². The van der Waals surface area contributed by atoms with Crippen LogP contribution in [0.5, 0.6) is 0 Å². The predicted octanol–water partition coefficient (Wildman–Crippen LogP) is 1.74. The van der Waals surface area contributed by atoms with Gasteiger partial charge in [-0.25, -0.2) is 0 Å². The second kappa shape index (κ2) is 5.85. The zero-order chi connectivity index (χ0) is 15.5. The van der Waals surface area contributed by atoms with Gasteiger partial charge in [0.1, 0.15) is 5.56 Å². The van der Waals surface area contributed by atoms with Crippen LogP contribution in [-0.2, 0) is 13.0 Å². The van der Waals surface area contributed by atoms with Gasteiger partial charge in [-0.05, 0) is 24.6 Å². The fourth-order valence-electron chi connectivity index (χ4n) is 2.29. The molecule has 0 saturated carbocycles. The SMILES string of the molecule is CCc1cc(CNC(=O)c2c[nH]c3ccccc3c2=O)[nH]n1. The summed E-state index contributed by atoms with van der Waals surface area (Å²) in [6.07, 6.45) is 2.28. The van der Waals surface area contributed by atoms with Gasteiger partial charge in [-0.15, -0.1) is 0 Å². The molecule has 0 aliphatic rings. The summed E-state index contributed by atoms with van der Waals surface area (Å²) in [5, 5.41) is 10.2. The molecule has 0 fully saturated rings. The molecule has 3 aromatic rings. The van der Waals surface area contributed by atoms with E-state index in [1.54, 1.807) is 18.2 Å². The fourth-order valence-corrected chi connectivity index (χ4v) is 2.29. The van der Waals surface area contributed by atoms with Gasteiger partial charge in [-0.2, -0.15) is 5.10 Å². The molecular weight excluding hydrogens is 280 g/mol. The number of fused-ring (bicyclic) bond motifs is 1. The van der Waals surface area contributed by atoms with E-state index in [2.05, 4.69) is 20.5 Å². The predicted molar refractivity (Wildman–Crippen MR) is 83.7 cm³/mol. The molecule has 0 unspecified atom stereocenters. The van der Waals surface area contributed by atoms with Crippen molar-refractivity contribution in [2.75, 3.05) is 0 Å². The summed E-state index contributed by atoms with van der Waals surface area (Å²) >= 11 is 0. The molecule has 0 aliphatic carbocycles. The van der Waals surface area contributed by atoms with Gasteiger partial charge in [0.2, 0.25) is 5.43 Å². The number of amides is 1. The Balaban J connectivity index is 1.80. The molecule has 6 nitrogen and oxygen atoms in total. The van der Waals surface area contributed by atoms with Crippen molar-refractivity contribution >= 4 is 16.8 Å². The minimum atomic E-state index is -0.403. The third kappa shape index (κ3) is 2.63. The second-order valence-corrected chi connectivity index (χ2v) is 5.00. The molecule has 112 valence electrons. The van der Waals surface area contributed by atoms with Crippen LogP contribution in [0.1, 0.15) is 28.7 Å². The van der Waals surface area contributed by atoms with E-state index >= 15 is 0 Å². The molecule has 0 spiro atoms. The highest BCUT2D eigenvalue weighted by Crippen LogP contribution is 2.07. The molecule has 2 aromatic heterocycles. The number of aromatic nitrogens is 3. The third-order valence-corrected chi connectivity index (χ3v) is 3.52. The number of carbonyl (C=O) groups is 1. The van der Waals surface area contributed by atoms with Gasteiger partial charge < -0.3 is 10.3 Å². The lowest BCUT2D eigenvalue weighted by Crippen LogP contribution is -2.28. The fraction of sp³-hybridized carbons (Fsp3) is 0.188. The molecule has 0 bridgehead atoms. The maximum absolute atomic E-state index is 12.3. The van der Waals surface area contributed by atoms with Crippen molar-refractivity contribution in [2.24, 2.45) is 0 Å². The summed E-state index contributed by atoms with van der Waals surface area (Å²) in [5.41, 5.74) is 2.29. The zero-order valence-corrected chi connectivity index (χ0v) is 12.1. The third-order valence-electron chi connectivity index (χ3n) is 3.52. The first-order chi connectivity index (χ1) is 10.7. The Labute approximate surface area is 126 Å². The van der Waals surface area contributed by atoms with Crippen molar-refractivity contribution in [2.45, 2.75) is 19.9 Å². The van der Waals surface area contributed by atoms with Crippen LogP contribution in [-0.4, -0.2) is 21.1 Å². The topological polar surface area (TPSA) is 90.6 Å². The van der Waals surface area contributed by atoms with Crippen molar-refractivity contribution in [3.8, 4) is 0 Å². The first-order valence-electron chi connectivity index (χ1n) is 7.11. The molecule has 3 N–H and O–H groups in total. The molecule has 1 aromatic carbocycles. The summed E-state index contributed by atoms with van der Waals surface area (Å²) in [6, 6.07) is 9.01. The summed E-state index contributed by atoms with van der Waals surface area (Å²) in [5.74, 6) is -0.403. The average molecular weight is 296 g/mol. The molecule has 6 heteroatoms. The van der Waals surface area contributed by atoms with E-state index in [1.165, 1.54) is 6.20 Å². The first-order valence-corrected chi connectivity index (χ1v) is 7.11. The minimum Gasteiger partial charge on any atom is -0.360 e. The van der Waals surface area contributed by atoms with Crippen molar-refractivity contribution in [1.82, 2.24) is 20.5 Å². The molecular formula is C16H16N4O2. The molecule has 0 atom stereocenters. The highest BCUT2D eigenvalue weighted by Gasteiger charge is 2.12. The van der Waals surface area contributed by atoms with Gasteiger partial charge in [0.15, 0.2) is 0 Å². The number of carbonyl (C=O) groups excluding carboxylic acids is 1. The quantitative estimate of drug-likeness (QED) is 0.685. The number of nitrogens with zero attached hydrogens (tertiary/aromatic N) is 1. The van der Waals surface area contributed by atoms with Crippen LogP contribution in [0.25, 0.3) is 10.9 Å². The number of H-pyrrole nitrogens is 2. The van der Waals surface area contributed by atoms with Crippen molar-refractivity contribution < 1.29 is 4.79 Å². The van der Waals surface area contributed by atoms with E-state index in [-0.39, 0.29) is 11.0 Å². The maximum Gasteiger partial charge on any atom is 0.257 e. The molecule has 0 aliphatic heterocycles. The van der Waals surface area contributed by atoms with Crippen molar-refractivity contribution in [1.29, 1.82) is 0 Å². The van der Waals surface area contributed by atoms with Crippen LogP contribution in [0.3, 0.4) is 0 Å². The standard InChI is InChI=1S/C16H16N4O2/c1-2-10-7-11(20-19-10)8-18-16(22)13-9-17-14-6-4-3-5-12(14)15(13)21/h3-7,9H,2,8H2,1H3,(H,17,21)(H,18,22)(H,19,20). The number of para-hydroxylation sites is 1. The minimum absolute atomic E-state index is 0.105. The van der Waals surface area contributed by atoms with Gasteiger partial charge in [-0.3, -0.25) is 14.7 Å². The number of pyridine rings is 1. The Morgan fingerprint density at radius 2 is 2.14 bits per heavy atom. The molecule has 0 saturated heterocycles. The largest absolute Gasteiger partial charge is 0.360 e. The second-order valence-electron chi connectivity index (χ2n) is 5.00. The summed E-state index contributed by atoms with van der Waals surface area (Å²) < 4.78 is 0. The number of rotatable bonds is 4. The van der Waals surface area contributed by atoms with E-state index in [0.717, 1.165) is 17.8 Å². The Morgan fingerprint density at radius 1 is 1.32 bits per heavy atom. The van der Waals surface area contributed by atoms with Gasteiger partial charge in [-0.1, -0.05) is 19.1 Å². The van der Waals surface area contributed by atoms with E-state index < -0.39 is 5.91 Å². The van der Waals surface area contributed by atoms with E-state index in [1.807, 2.05) is 19.1 Å². The lowest BCUT2D eigenvalue weighted by Gasteiger charge is -2.04. The number of benzene rings is 1. The number of aryl methyl sites for hydroxylation is 1. The molecule has 0 radical (unpaired) electrons. The summed E-state index contributed by atoms with van der Waals surface area (Å²) in [7, 11) is 0. The summed E-state index contributed by atoms with van der Waals surface area (Å²) in [6.45, 7) is 2.31. The van der Waals surface area contributed by atoms with Crippen LogP contribution in [0, 0.1) is 0 Å². The normalized spacial score (nSPS) is 10.8. The van der Waals surface area contributed by atoms with E-state index in [0.29, 0.717) is 17.4 Å². The maximum atomic E-state index is 12.3. The van der Waals surface area contributed by atoms with Crippen molar-refractivity contribution in [3.63, 3.8) is 0 Å². The van der Waals surface area contributed by atoms with Gasteiger partial charge in [0, 0.05) is 17.1 Å². The molecule has 1 amide bonds. The summed E-state index contributed by atoms with van der Waals surface area (Å²) in [4.78, 5) is 27.5. The first kappa shape index (κ1) is 14.1. The Hall–Kier alpha value is -2.89. The molecule has 2 heterocycles. The number of hydrogen-bond acceptors (Lipinski definition) is 3. The van der Waals surface area contributed by atoms with Gasteiger partial charge in [0.25, 0.3) is 5.91 Å². The van der Waals surface area contributed by atoms with Crippen molar-refractivity contribution in [3.05, 3.63) is 63.7 Å². The van der Waals surface area contributed by atoms with Crippen LogP contribution in [0.4, 0.5) is 0 Å². The number of nitrogens with one attached hydrogen (secondary N) is 3. The van der Waals surface area contributed by atoms with Crippen LogP contribution in [0.15, 0.2) is 41.3 Å². The molecule has 3 rings (SSSR count). The average Bonchev–Trinajstić information content (AvgIpc) is 3.01. The smallest absolute Gasteiger partial charge is 0.257 e. The van der Waals surface area contributed by atoms with E-state index in [4.69, 9.17) is 0 Å². The van der Waals surface area contributed by atoms with Crippen LogP contribution in [0.2, 0.25) is 0 Å². The van der Waals surface area contributed by atoms with Gasteiger partial charge >= 0.3 is 0 Å². The number of hydrogen-bond donors (Lipinski definition) is 3. The Kier molecular flexibility index (Phi) is 3.74. The highest BCUT2D eigenvalue weighted by atomic mass is 16.2. The lowest BCUT2D eigenvalue weighted by atomic mass is 10.1. The Bertz CT molecular complexity index is 879. The number of aromatic amines is 2. The monoisotopic (exact) mass is 296 g/mol. The lowest BCUT2D eigenvalue weighted by molar-refractivity contribution is 0.0949. The van der Waals surface area contributed by atoms with E-state index in [9.17, 15) is 9.59 Å².